The fraction of sp³-hybridized carbons (Fsp3) is 0.190. The lowest BCUT2D eigenvalue weighted by Crippen LogP contribution is -2.22. The molecule has 0 fully saturated rings. The van der Waals surface area contributed by atoms with Crippen LogP contribution in [-0.4, -0.2) is 11.6 Å². The number of hydrogen-bond acceptors (Lipinski definition) is 3. The van der Waals surface area contributed by atoms with E-state index < -0.39 is 6.04 Å². The summed E-state index contributed by atoms with van der Waals surface area (Å²) in [7, 11) is 0. The molecule has 1 heterocycles. The minimum Gasteiger partial charge on any atom is -0.372 e. The van der Waals surface area contributed by atoms with E-state index in [4.69, 9.17) is 33.7 Å². The van der Waals surface area contributed by atoms with Gasteiger partial charge >= 0.3 is 0 Å². The van der Waals surface area contributed by atoms with Crippen LogP contribution in [0.2, 0.25) is 10.0 Å². The third-order valence-corrected chi connectivity index (χ3v) is 5.02. The summed E-state index contributed by atoms with van der Waals surface area (Å²) in [4.78, 5) is 3.89. The lowest BCUT2D eigenvalue weighted by atomic mass is 9.95. The molecule has 0 aliphatic heterocycles. The van der Waals surface area contributed by atoms with Crippen LogP contribution in [-0.2, 0) is 4.74 Å². The molecule has 2 N–H and O–H groups in total. The number of hydrogen-bond donors (Lipinski definition) is 1. The molecule has 0 aliphatic carbocycles. The maximum atomic E-state index is 13.4. The highest BCUT2D eigenvalue weighted by atomic mass is 35.5. The zero-order valence-corrected chi connectivity index (χ0v) is 16.2. The Hall–Kier alpha value is -1.98. The van der Waals surface area contributed by atoms with Gasteiger partial charge in [-0.25, -0.2) is 4.39 Å². The Labute approximate surface area is 167 Å². The van der Waals surface area contributed by atoms with Crippen LogP contribution in [0.4, 0.5) is 4.39 Å². The monoisotopic (exact) mass is 404 g/mol. The van der Waals surface area contributed by atoms with Gasteiger partial charge in [-0.15, -0.1) is 0 Å². The first kappa shape index (κ1) is 19.8. The van der Waals surface area contributed by atoms with Crippen LogP contribution in [0.5, 0.6) is 0 Å². The summed E-state index contributed by atoms with van der Waals surface area (Å²) in [5, 5.41) is 0.933. The molecule has 2 aromatic carbocycles. The second-order valence-electron chi connectivity index (χ2n) is 6.09. The number of nitrogens with two attached hydrogens (primary N) is 1. The fourth-order valence-electron chi connectivity index (χ4n) is 2.92. The Bertz CT molecular complexity index is 918. The van der Waals surface area contributed by atoms with Crippen LogP contribution in [0.1, 0.15) is 30.2 Å². The Morgan fingerprint density at radius 3 is 2.30 bits per heavy atom. The number of aromatic nitrogens is 1. The summed E-state index contributed by atoms with van der Waals surface area (Å²) in [6.45, 7) is 2.43. The molecule has 3 aromatic rings. The summed E-state index contributed by atoms with van der Waals surface area (Å²) in [6.07, 6.45) is 2.45. The van der Waals surface area contributed by atoms with Crippen LogP contribution in [0.3, 0.4) is 0 Å². The van der Waals surface area contributed by atoms with Crippen molar-refractivity contribution >= 4 is 23.2 Å². The zero-order chi connectivity index (χ0) is 19.4. The third kappa shape index (κ3) is 4.66. The van der Waals surface area contributed by atoms with E-state index in [9.17, 15) is 4.39 Å². The van der Waals surface area contributed by atoms with Crippen molar-refractivity contribution in [1.29, 1.82) is 0 Å². The summed E-state index contributed by atoms with van der Waals surface area (Å²) >= 11 is 12.1. The number of ether oxygens (including phenoxy) is 1. The highest BCUT2D eigenvalue weighted by molar-refractivity contribution is 6.42. The Balaban J connectivity index is 1.89. The smallest absolute Gasteiger partial charge is 0.142 e. The van der Waals surface area contributed by atoms with E-state index in [0.717, 1.165) is 16.7 Å². The Morgan fingerprint density at radius 1 is 0.963 bits per heavy atom. The van der Waals surface area contributed by atoms with Crippen molar-refractivity contribution in [2.24, 2.45) is 5.73 Å². The molecule has 0 spiro atoms. The van der Waals surface area contributed by atoms with E-state index in [0.29, 0.717) is 22.2 Å². The molecule has 2 atom stereocenters. The number of pyridine rings is 1. The van der Waals surface area contributed by atoms with Gasteiger partial charge in [0.25, 0.3) is 0 Å². The van der Waals surface area contributed by atoms with E-state index in [1.807, 2.05) is 37.3 Å². The molecule has 0 radical (unpaired) electrons. The second-order valence-corrected chi connectivity index (χ2v) is 6.90. The third-order valence-electron chi connectivity index (χ3n) is 4.28. The quantitative estimate of drug-likeness (QED) is 0.550. The second kappa shape index (κ2) is 8.81. The van der Waals surface area contributed by atoms with Crippen molar-refractivity contribution in [1.82, 2.24) is 4.98 Å². The van der Waals surface area contributed by atoms with Crippen LogP contribution in [0.25, 0.3) is 11.1 Å². The first-order valence-electron chi connectivity index (χ1n) is 8.52. The van der Waals surface area contributed by atoms with Crippen LogP contribution < -0.4 is 5.73 Å². The molecule has 0 bridgehead atoms. The number of benzene rings is 2. The van der Waals surface area contributed by atoms with Gasteiger partial charge in [-0.3, -0.25) is 4.98 Å². The maximum Gasteiger partial charge on any atom is 0.142 e. The lowest BCUT2D eigenvalue weighted by molar-refractivity contribution is 0.0429. The van der Waals surface area contributed by atoms with Gasteiger partial charge in [-0.1, -0.05) is 53.5 Å². The highest BCUT2D eigenvalue weighted by Crippen LogP contribution is 2.34. The normalized spacial score (nSPS) is 13.4. The fourth-order valence-corrected chi connectivity index (χ4v) is 3.22. The van der Waals surface area contributed by atoms with E-state index in [1.165, 1.54) is 12.3 Å². The van der Waals surface area contributed by atoms with Gasteiger partial charge in [-0.2, -0.15) is 0 Å². The first-order chi connectivity index (χ1) is 13.0. The van der Waals surface area contributed by atoms with Gasteiger partial charge in [0.15, 0.2) is 0 Å². The molecule has 0 unspecified atom stereocenters. The van der Waals surface area contributed by atoms with Gasteiger partial charge in [-0.05, 0) is 41.8 Å². The van der Waals surface area contributed by atoms with Gasteiger partial charge in [0.05, 0.1) is 22.3 Å². The predicted octanol–water partition coefficient (Wildman–Crippen LogP) is 5.97. The van der Waals surface area contributed by atoms with Gasteiger partial charge < -0.3 is 10.5 Å². The molecule has 27 heavy (non-hydrogen) atoms. The predicted molar refractivity (Wildman–Crippen MR) is 107 cm³/mol. The number of nitrogens with zero attached hydrogens (tertiary/aromatic N) is 1. The Kier molecular flexibility index (Phi) is 6.45. The topological polar surface area (TPSA) is 48.1 Å². The van der Waals surface area contributed by atoms with Gasteiger partial charge in [0, 0.05) is 18.4 Å². The molecule has 3 rings (SSSR count). The molecule has 0 saturated heterocycles. The lowest BCUT2D eigenvalue weighted by Gasteiger charge is -2.25. The maximum absolute atomic E-state index is 13.4. The van der Waals surface area contributed by atoms with Crippen LogP contribution in [0, 0.1) is 5.82 Å². The SMILES string of the molecule is CCO[C@H](c1ccc(-c2cncc(F)c2)cc1)[C@@H](N)c1ccc(Cl)c(Cl)c1. The molecule has 3 nitrogen and oxygen atoms in total. The average molecular weight is 405 g/mol. The molecular formula is C21H19Cl2FN2O. The minimum absolute atomic E-state index is 0.355. The number of halogens is 3. The van der Waals surface area contributed by atoms with E-state index >= 15 is 0 Å². The highest BCUT2D eigenvalue weighted by Gasteiger charge is 2.22. The largest absolute Gasteiger partial charge is 0.372 e. The van der Waals surface area contributed by atoms with Crippen molar-refractivity contribution in [3.63, 3.8) is 0 Å². The molecule has 1 aromatic heterocycles. The zero-order valence-electron chi connectivity index (χ0n) is 14.7. The van der Waals surface area contributed by atoms with Crippen molar-refractivity contribution in [3.05, 3.63) is 87.9 Å². The molecule has 0 amide bonds. The van der Waals surface area contributed by atoms with Crippen molar-refractivity contribution in [2.75, 3.05) is 6.61 Å². The van der Waals surface area contributed by atoms with Crippen LogP contribution >= 0.6 is 23.2 Å². The van der Waals surface area contributed by atoms with E-state index in [-0.39, 0.29) is 11.9 Å². The summed E-state index contributed by atoms with van der Waals surface area (Å²) in [5.41, 5.74) is 9.79. The standard InChI is InChI=1S/C21H19Cl2FN2O/c1-2-27-21(20(25)15-7-8-18(22)19(23)10-15)14-5-3-13(4-6-14)16-9-17(24)12-26-11-16/h3-12,20-21H,2,25H2,1H3/t20-,21+/m0/s1. The van der Waals surface area contributed by atoms with E-state index in [2.05, 4.69) is 4.98 Å². The molecule has 0 aliphatic rings. The first-order valence-corrected chi connectivity index (χ1v) is 9.28. The van der Waals surface area contributed by atoms with Crippen molar-refractivity contribution in [2.45, 2.75) is 19.1 Å². The van der Waals surface area contributed by atoms with Gasteiger partial charge in [0.2, 0.25) is 0 Å². The van der Waals surface area contributed by atoms with Gasteiger partial charge in [0.1, 0.15) is 11.9 Å². The minimum atomic E-state index is -0.415. The Morgan fingerprint density at radius 2 is 1.67 bits per heavy atom. The summed E-state index contributed by atoms with van der Waals surface area (Å²) < 4.78 is 19.3. The summed E-state index contributed by atoms with van der Waals surface area (Å²) in [5.74, 6) is -0.370. The van der Waals surface area contributed by atoms with E-state index in [1.54, 1.807) is 18.3 Å². The molecular weight excluding hydrogens is 386 g/mol. The van der Waals surface area contributed by atoms with Crippen LogP contribution in [0.15, 0.2) is 60.9 Å². The van der Waals surface area contributed by atoms with Crippen molar-refractivity contribution in [3.8, 4) is 11.1 Å². The number of rotatable bonds is 6. The molecule has 0 saturated carbocycles. The molecule has 140 valence electrons. The molecule has 6 heteroatoms. The average Bonchev–Trinajstić information content (AvgIpc) is 2.68. The summed E-state index contributed by atoms with van der Waals surface area (Å²) in [6, 6.07) is 14.0. The van der Waals surface area contributed by atoms with Crippen molar-refractivity contribution < 1.29 is 9.13 Å².